The molecule has 0 aliphatic carbocycles. The Morgan fingerprint density at radius 3 is 2.00 bits per heavy atom. The molecule has 0 heterocycles. The molecule has 0 fully saturated rings. The molecule has 0 aliphatic heterocycles. The molecule has 100 valence electrons. The van der Waals surface area contributed by atoms with Crippen LogP contribution in [-0.2, 0) is 4.79 Å². The fraction of sp³-hybridized carbons (Fsp3) is 0.818. The van der Waals surface area contributed by atoms with Gasteiger partial charge in [0, 0.05) is 6.04 Å². The average molecular weight is 246 g/mol. The molecular weight excluding hydrogens is 224 g/mol. The van der Waals surface area contributed by atoms with Crippen molar-refractivity contribution in [1.82, 2.24) is 10.6 Å². The van der Waals surface area contributed by atoms with Crippen LogP contribution >= 0.6 is 0 Å². The summed E-state index contributed by atoms with van der Waals surface area (Å²) in [5.41, 5.74) is 0. The van der Waals surface area contributed by atoms with E-state index in [2.05, 4.69) is 10.6 Å². The molecule has 1 unspecified atom stereocenters. The molecule has 0 saturated carbocycles. The quantitative estimate of drug-likeness (QED) is 0.550. The summed E-state index contributed by atoms with van der Waals surface area (Å²) < 4.78 is 0. The molecule has 0 radical (unpaired) electrons. The van der Waals surface area contributed by atoms with Gasteiger partial charge in [-0.2, -0.15) is 0 Å². The molecule has 4 N–H and O–H groups in total. The minimum absolute atomic E-state index is 0.0153. The first kappa shape index (κ1) is 15.7. The second-order valence-electron chi connectivity index (χ2n) is 4.43. The standard InChI is InChI=1S/C11H22N2O4/c1-5-8(6(2)3)12-11(17)13-9(7(4)14)10(15)16/h6-9,14H,5H2,1-4H3,(H,15,16)(H2,12,13,17)/t7-,8?,9+/m1/s1. The Balaban J connectivity index is 4.37. The fourth-order valence-corrected chi connectivity index (χ4v) is 1.48. The van der Waals surface area contributed by atoms with Crippen molar-refractivity contribution in [2.75, 3.05) is 0 Å². The highest BCUT2D eigenvalue weighted by Crippen LogP contribution is 2.05. The van der Waals surface area contributed by atoms with Crippen molar-refractivity contribution in [3.8, 4) is 0 Å². The van der Waals surface area contributed by atoms with Crippen molar-refractivity contribution in [3.63, 3.8) is 0 Å². The summed E-state index contributed by atoms with van der Waals surface area (Å²) in [5, 5.41) is 22.9. The van der Waals surface area contributed by atoms with Gasteiger partial charge in [-0.15, -0.1) is 0 Å². The molecule has 3 atom stereocenters. The zero-order valence-corrected chi connectivity index (χ0v) is 10.7. The molecule has 0 bridgehead atoms. The number of carbonyl (C=O) groups excluding carboxylic acids is 1. The van der Waals surface area contributed by atoms with E-state index in [9.17, 15) is 14.7 Å². The average Bonchev–Trinajstić information content (AvgIpc) is 2.21. The molecule has 2 amide bonds. The maximum absolute atomic E-state index is 11.5. The molecule has 0 aromatic heterocycles. The predicted octanol–water partition coefficient (Wildman–Crippen LogP) is 0.554. The molecule has 17 heavy (non-hydrogen) atoms. The van der Waals surface area contributed by atoms with Gasteiger partial charge in [-0.05, 0) is 19.3 Å². The Labute approximate surface area is 101 Å². The molecular formula is C11H22N2O4. The first-order valence-corrected chi connectivity index (χ1v) is 5.77. The largest absolute Gasteiger partial charge is 0.480 e. The SMILES string of the molecule is CCC(NC(=O)N[C@H](C(=O)O)[C@@H](C)O)C(C)C. The Morgan fingerprint density at radius 1 is 1.18 bits per heavy atom. The summed E-state index contributed by atoms with van der Waals surface area (Å²) in [6.07, 6.45) is -0.380. The number of amides is 2. The molecule has 0 rings (SSSR count). The number of carbonyl (C=O) groups is 2. The maximum atomic E-state index is 11.5. The van der Waals surface area contributed by atoms with Crippen LogP contribution in [0.5, 0.6) is 0 Å². The number of carboxylic acids is 1. The van der Waals surface area contributed by atoms with Gasteiger partial charge >= 0.3 is 12.0 Å². The van der Waals surface area contributed by atoms with E-state index in [0.717, 1.165) is 6.42 Å². The molecule has 0 aromatic rings. The van der Waals surface area contributed by atoms with Gasteiger partial charge in [0.05, 0.1) is 6.10 Å². The molecule has 0 saturated heterocycles. The zero-order valence-electron chi connectivity index (χ0n) is 10.7. The van der Waals surface area contributed by atoms with Crippen LogP contribution < -0.4 is 10.6 Å². The number of aliphatic hydroxyl groups excluding tert-OH is 1. The van der Waals surface area contributed by atoms with Gasteiger partial charge in [-0.1, -0.05) is 20.8 Å². The number of rotatable bonds is 6. The second-order valence-corrected chi connectivity index (χ2v) is 4.43. The number of nitrogens with one attached hydrogen (secondary N) is 2. The van der Waals surface area contributed by atoms with Crippen molar-refractivity contribution in [1.29, 1.82) is 0 Å². The summed E-state index contributed by atoms with van der Waals surface area (Å²) in [7, 11) is 0. The van der Waals surface area contributed by atoms with Crippen LogP contribution in [0.4, 0.5) is 4.79 Å². The van der Waals surface area contributed by atoms with Crippen molar-refractivity contribution in [3.05, 3.63) is 0 Å². The van der Waals surface area contributed by atoms with Crippen molar-refractivity contribution >= 4 is 12.0 Å². The molecule has 6 heteroatoms. The van der Waals surface area contributed by atoms with Crippen molar-refractivity contribution in [2.45, 2.75) is 52.3 Å². The van der Waals surface area contributed by atoms with Crippen molar-refractivity contribution in [2.24, 2.45) is 5.92 Å². The van der Waals surface area contributed by atoms with E-state index >= 15 is 0 Å². The Hall–Kier alpha value is -1.30. The van der Waals surface area contributed by atoms with Crippen LogP contribution in [0.1, 0.15) is 34.1 Å². The predicted molar refractivity (Wildman–Crippen MR) is 63.7 cm³/mol. The minimum atomic E-state index is -1.29. The highest BCUT2D eigenvalue weighted by molar-refractivity contribution is 5.83. The molecule has 0 aliphatic rings. The summed E-state index contributed by atoms with van der Waals surface area (Å²) in [6, 6.07) is -1.88. The number of aliphatic hydroxyl groups is 1. The summed E-state index contributed by atoms with van der Waals surface area (Å²) >= 11 is 0. The maximum Gasteiger partial charge on any atom is 0.328 e. The third kappa shape index (κ3) is 5.53. The van der Waals surface area contributed by atoms with E-state index in [0.29, 0.717) is 0 Å². The Kier molecular flexibility index (Phi) is 6.57. The minimum Gasteiger partial charge on any atom is -0.480 e. The topological polar surface area (TPSA) is 98.7 Å². The van der Waals surface area contributed by atoms with E-state index in [1.54, 1.807) is 0 Å². The van der Waals surface area contributed by atoms with Crippen LogP contribution in [0, 0.1) is 5.92 Å². The summed E-state index contributed by atoms with van der Waals surface area (Å²) in [6.45, 7) is 7.20. The number of carboxylic acid groups (broad SMARTS) is 1. The summed E-state index contributed by atoms with van der Waals surface area (Å²) in [5.74, 6) is -0.992. The first-order valence-electron chi connectivity index (χ1n) is 5.77. The van der Waals surface area contributed by atoms with Gasteiger partial charge in [-0.25, -0.2) is 9.59 Å². The second kappa shape index (κ2) is 7.11. The lowest BCUT2D eigenvalue weighted by molar-refractivity contribution is -0.141. The van der Waals surface area contributed by atoms with Gasteiger partial charge in [0.1, 0.15) is 0 Å². The fourth-order valence-electron chi connectivity index (χ4n) is 1.48. The van der Waals surface area contributed by atoms with E-state index in [-0.39, 0.29) is 12.0 Å². The van der Waals surface area contributed by atoms with Gasteiger partial charge in [-0.3, -0.25) is 0 Å². The Bertz CT molecular complexity index is 266. The van der Waals surface area contributed by atoms with Crippen molar-refractivity contribution < 1.29 is 19.8 Å². The van der Waals surface area contributed by atoms with E-state index in [1.165, 1.54) is 6.92 Å². The smallest absolute Gasteiger partial charge is 0.328 e. The van der Waals surface area contributed by atoms with Gasteiger partial charge in [0.2, 0.25) is 0 Å². The van der Waals surface area contributed by atoms with Gasteiger partial charge in [0.15, 0.2) is 6.04 Å². The lowest BCUT2D eigenvalue weighted by atomic mass is 10.0. The lowest BCUT2D eigenvalue weighted by Crippen LogP contribution is -2.53. The molecule has 6 nitrogen and oxygen atoms in total. The number of urea groups is 1. The highest BCUT2D eigenvalue weighted by atomic mass is 16.4. The zero-order chi connectivity index (χ0) is 13.6. The number of hydrogen-bond donors (Lipinski definition) is 4. The first-order chi connectivity index (χ1) is 7.79. The summed E-state index contributed by atoms with van der Waals surface area (Å²) in [4.78, 5) is 22.3. The van der Waals surface area contributed by atoms with Crippen LogP contribution in [-0.4, -0.2) is 40.4 Å². The number of hydrogen-bond acceptors (Lipinski definition) is 3. The van der Waals surface area contributed by atoms with Crippen LogP contribution in [0.15, 0.2) is 0 Å². The Morgan fingerprint density at radius 2 is 1.71 bits per heavy atom. The normalized spacial score (nSPS) is 16.1. The van der Waals surface area contributed by atoms with Crippen LogP contribution in [0.2, 0.25) is 0 Å². The van der Waals surface area contributed by atoms with Gasteiger partial charge < -0.3 is 20.8 Å². The molecule has 0 spiro atoms. The van der Waals surface area contributed by atoms with E-state index < -0.39 is 24.1 Å². The van der Waals surface area contributed by atoms with Crippen LogP contribution in [0.3, 0.4) is 0 Å². The molecule has 0 aromatic carbocycles. The van der Waals surface area contributed by atoms with E-state index in [4.69, 9.17) is 5.11 Å². The third-order valence-corrected chi connectivity index (χ3v) is 2.60. The van der Waals surface area contributed by atoms with Gasteiger partial charge in [0.25, 0.3) is 0 Å². The monoisotopic (exact) mass is 246 g/mol. The lowest BCUT2D eigenvalue weighted by Gasteiger charge is -2.23. The van der Waals surface area contributed by atoms with E-state index in [1.807, 2.05) is 20.8 Å². The van der Waals surface area contributed by atoms with Crippen LogP contribution in [0.25, 0.3) is 0 Å². The third-order valence-electron chi connectivity index (χ3n) is 2.60. The highest BCUT2D eigenvalue weighted by Gasteiger charge is 2.25. The number of aliphatic carboxylic acids is 1.